The highest BCUT2D eigenvalue weighted by Gasteiger charge is 2.39. The summed E-state index contributed by atoms with van der Waals surface area (Å²) in [5, 5.41) is -0.667. The van der Waals surface area contributed by atoms with Crippen LogP contribution in [0.3, 0.4) is 0 Å². The molecule has 0 amide bonds. The molecule has 3 nitrogen and oxygen atoms in total. The molecule has 13 heavy (non-hydrogen) atoms. The second kappa shape index (κ2) is 3.96. The third kappa shape index (κ3) is 2.95. The Morgan fingerprint density at radius 1 is 1.31 bits per heavy atom. The van der Waals surface area contributed by atoms with Gasteiger partial charge in [0.15, 0.2) is 0 Å². The predicted molar refractivity (Wildman–Crippen MR) is 54.2 cm³/mol. The molecule has 1 unspecified atom stereocenters. The summed E-state index contributed by atoms with van der Waals surface area (Å²) >= 11 is 0. The molecule has 0 aromatic heterocycles. The summed E-state index contributed by atoms with van der Waals surface area (Å²) in [4.78, 5) is 0. The molecule has 4 heteroatoms. The van der Waals surface area contributed by atoms with Crippen molar-refractivity contribution < 1.29 is 13.0 Å². The van der Waals surface area contributed by atoms with Crippen molar-refractivity contribution in [2.45, 2.75) is 46.3 Å². The summed E-state index contributed by atoms with van der Waals surface area (Å²) in [5.74, 6) is 0.222. The highest BCUT2D eigenvalue weighted by atomic mass is 32.2. The van der Waals surface area contributed by atoms with Gasteiger partial charge in [-0.1, -0.05) is 34.6 Å². The summed E-state index contributed by atoms with van der Waals surface area (Å²) in [6, 6.07) is 0. The van der Waals surface area contributed by atoms with Gasteiger partial charge < -0.3 is 0 Å². The van der Waals surface area contributed by atoms with E-state index >= 15 is 0 Å². The molecule has 0 aliphatic rings. The van der Waals surface area contributed by atoms with Gasteiger partial charge in [-0.25, -0.2) is 0 Å². The van der Waals surface area contributed by atoms with Crippen LogP contribution in [-0.2, 0) is 10.1 Å². The van der Waals surface area contributed by atoms with E-state index in [9.17, 15) is 8.42 Å². The van der Waals surface area contributed by atoms with Crippen molar-refractivity contribution >= 4 is 10.1 Å². The fourth-order valence-electron chi connectivity index (χ4n) is 1.49. The summed E-state index contributed by atoms with van der Waals surface area (Å²) in [6.45, 7) is 9.46. The number of rotatable bonds is 4. The SMILES string of the molecule is CCC(C(C)(C)C(C)C)S(=O)(=O)O. The Morgan fingerprint density at radius 2 is 1.69 bits per heavy atom. The fourth-order valence-corrected chi connectivity index (χ4v) is 2.95. The zero-order valence-electron chi connectivity index (χ0n) is 9.03. The number of hydrogen-bond donors (Lipinski definition) is 1. The fraction of sp³-hybridized carbons (Fsp3) is 1.00. The Kier molecular flexibility index (Phi) is 3.94. The van der Waals surface area contributed by atoms with E-state index in [1.54, 1.807) is 6.92 Å². The van der Waals surface area contributed by atoms with Crippen molar-refractivity contribution in [2.24, 2.45) is 11.3 Å². The second-order valence-electron chi connectivity index (χ2n) is 4.39. The molecule has 0 radical (unpaired) electrons. The lowest BCUT2D eigenvalue weighted by Crippen LogP contribution is -2.39. The molecule has 0 spiro atoms. The van der Waals surface area contributed by atoms with Gasteiger partial charge >= 0.3 is 0 Å². The highest BCUT2D eigenvalue weighted by Crippen LogP contribution is 2.35. The topological polar surface area (TPSA) is 54.4 Å². The van der Waals surface area contributed by atoms with Crippen molar-refractivity contribution in [3.63, 3.8) is 0 Å². The molecule has 0 aromatic rings. The van der Waals surface area contributed by atoms with Crippen molar-refractivity contribution in [1.82, 2.24) is 0 Å². The van der Waals surface area contributed by atoms with E-state index < -0.39 is 15.4 Å². The summed E-state index contributed by atoms with van der Waals surface area (Å²) in [5.41, 5.74) is -0.387. The van der Waals surface area contributed by atoms with Gasteiger partial charge in [0.25, 0.3) is 10.1 Å². The largest absolute Gasteiger partial charge is 0.285 e. The minimum Gasteiger partial charge on any atom is -0.285 e. The van der Waals surface area contributed by atoms with E-state index in [1.807, 2.05) is 27.7 Å². The average Bonchev–Trinajstić information content (AvgIpc) is 1.83. The maximum atomic E-state index is 11.1. The molecule has 0 heterocycles. The van der Waals surface area contributed by atoms with Crippen molar-refractivity contribution in [3.8, 4) is 0 Å². The van der Waals surface area contributed by atoms with Crippen LogP contribution in [-0.4, -0.2) is 18.2 Å². The van der Waals surface area contributed by atoms with Crippen LogP contribution in [0.5, 0.6) is 0 Å². The Morgan fingerprint density at radius 3 is 1.77 bits per heavy atom. The monoisotopic (exact) mass is 208 g/mol. The van der Waals surface area contributed by atoms with Crippen LogP contribution < -0.4 is 0 Å². The minimum absolute atomic E-state index is 0.222. The van der Waals surface area contributed by atoms with E-state index in [0.29, 0.717) is 6.42 Å². The van der Waals surface area contributed by atoms with Crippen LogP contribution in [0.1, 0.15) is 41.0 Å². The van der Waals surface area contributed by atoms with E-state index in [2.05, 4.69) is 0 Å². The lowest BCUT2D eigenvalue weighted by Gasteiger charge is -2.35. The van der Waals surface area contributed by atoms with Gasteiger partial charge in [-0.2, -0.15) is 8.42 Å². The van der Waals surface area contributed by atoms with Gasteiger partial charge in [0.05, 0.1) is 5.25 Å². The molecular formula is C9H20O3S. The summed E-state index contributed by atoms with van der Waals surface area (Å²) < 4.78 is 31.2. The first-order valence-corrected chi connectivity index (χ1v) is 6.10. The van der Waals surface area contributed by atoms with E-state index in [4.69, 9.17) is 4.55 Å². The van der Waals surface area contributed by atoms with Crippen LogP contribution in [0.2, 0.25) is 0 Å². The molecule has 80 valence electrons. The van der Waals surface area contributed by atoms with Gasteiger partial charge in [0.2, 0.25) is 0 Å². The van der Waals surface area contributed by atoms with Gasteiger partial charge in [-0.05, 0) is 17.8 Å². The molecule has 0 fully saturated rings. The minimum atomic E-state index is -3.92. The molecule has 0 aromatic carbocycles. The lowest BCUT2D eigenvalue weighted by molar-refractivity contribution is 0.222. The zero-order valence-corrected chi connectivity index (χ0v) is 9.85. The van der Waals surface area contributed by atoms with E-state index in [-0.39, 0.29) is 11.3 Å². The Balaban J connectivity index is 5.00. The molecule has 0 rings (SSSR count). The van der Waals surface area contributed by atoms with Crippen LogP contribution >= 0.6 is 0 Å². The zero-order chi connectivity index (χ0) is 10.9. The summed E-state index contributed by atoms with van der Waals surface area (Å²) in [6.07, 6.45) is 0.448. The smallest absolute Gasteiger partial charge is 0.268 e. The van der Waals surface area contributed by atoms with Gasteiger partial charge in [0, 0.05) is 0 Å². The van der Waals surface area contributed by atoms with Gasteiger partial charge in [-0.3, -0.25) is 4.55 Å². The van der Waals surface area contributed by atoms with Crippen LogP contribution in [0.25, 0.3) is 0 Å². The van der Waals surface area contributed by atoms with Crippen LogP contribution in [0.15, 0.2) is 0 Å². The molecule has 0 aliphatic heterocycles. The average molecular weight is 208 g/mol. The molecule has 0 bridgehead atoms. The van der Waals surface area contributed by atoms with Crippen molar-refractivity contribution in [3.05, 3.63) is 0 Å². The van der Waals surface area contributed by atoms with Gasteiger partial charge in [0.1, 0.15) is 0 Å². The van der Waals surface area contributed by atoms with Crippen molar-refractivity contribution in [2.75, 3.05) is 0 Å². The standard InChI is InChI=1S/C9H20O3S/c1-6-8(13(10,11)12)9(4,5)7(2)3/h7-8H,6H2,1-5H3,(H,10,11,12). The molecule has 1 N–H and O–H groups in total. The second-order valence-corrected chi connectivity index (χ2v) is 5.99. The number of hydrogen-bond acceptors (Lipinski definition) is 2. The normalized spacial score (nSPS) is 16.2. The Bertz CT molecular complexity index is 252. The molecule has 1 atom stereocenters. The molecule has 0 aliphatic carbocycles. The highest BCUT2D eigenvalue weighted by molar-refractivity contribution is 7.86. The Labute approximate surface area is 81.3 Å². The quantitative estimate of drug-likeness (QED) is 0.721. The first-order valence-electron chi connectivity index (χ1n) is 4.60. The molecular weight excluding hydrogens is 188 g/mol. The third-order valence-corrected chi connectivity index (χ3v) is 4.71. The summed E-state index contributed by atoms with van der Waals surface area (Å²) in [7, 11) is -3.92. The van der Waals surface area contributed by atoms with Crippen LogP contribution in [0, 0.1) is 11.3 Å². The maximum absolute atomic E-state index is 11.1. The molecule has 0 saturated carbocycles. The van der Waals surface area contributed by atoms with E-state index in [0.717, 1.165) is 0 Å². The van der Waals surface area contributed by atoms with Crippen LogP contribution in [0.4, 0.5) is 0 Å². The van der Waals surface area contributed by atoms with Crippen molar-refractivity contribution in [1.29, 1.82) is 0 Å². The van der Waals surface area contributed by atoms with Gasteiger partial charge in [-0.15, -0.1) is 0 Å². The Hall–Kier alpha value is -0.0900. The lowest BCUT2D eigenvalue weighted by atomic mass is 9.77. The predicted octanol–water partition coefficient (Wildman–Crippen LogP) is 2.33. The first kappa shape index (κ1) is 12.9. The third-order valence-electron chi connectivity index (χ3n) is 3.05. The first-order chi connectivity index (χ1) is 5.64. The van der Waals surface area contributed by atoms with E-state index in [1.165, 1.54) is 0 Å². The molecule has 0 saturated heterocycles. The maximum Gasteiger partial charge on any atom is 0.268 e.